The van der Waals surface area contributed by atoms with Gasteiger partial charge < -0.3 is 14.2 Å². The predicted molar refractivity (Wildman–Crippen MR) is 109 cm³/mol. The number of rotatable bonds is 14. The van der Waals surface area contributed by atoms with E-state index in [1.807, 2.05) is 0 Å². The largest absolute Gasteiger partial charge is 0.461 e. The number of hydrogen-bond acceptors (Lipinski definition) is 8. The van der Waals surface area contributed by atoms with Crippen LogP contribution in [0.25, 0.3) is 0 Å². The number of esters is 3. The molecule has 0 N–H and O–H groups in total. The Bertz CT molecular complexity index is 627. The summed E-state index contributed by atoms with van der Waals surface area (Å²) in [4.78, 5) is 47.9. The van der Waals surface area contributed by atoms with Gasteiger partial charge in [-0.05, 0) is 18.8 Å². The third kappa shape index (κ3) is 7.96. The topological polar surface area (TPSA) is 97.4 Å². The van der Waals surface area contributed by atoms with Gasteiger partial charge >= 0.3 is 17.9 Å². The van der Waals surface area contributed by atoms with Crippen molar-refractivity contribution in [1.29, 1.82) is 0 Å². The van der Waals surface area contributed by atoms with E-state index in [0.717, 1.165) is 0 Å². The minimum Gasteiger partial charge on any atom is -0.461 e. The first-order valence-corrected chi connectivity index (χ1v) is 9.67. The molecule has 1 fully saturated rings. The molecule has 0 aromatic carbocycles. The van der Waals surface area contributed by atoms with Gasteiger partial charge in [0.25, 0.3) is 0 Å². The normalized spacial score (nSPS) is 22.9. The highest BCUT2D eigenvalue weighted by Gasteiger charge is 2.48. The van der Waals surface area contributed by atoms with Gasteiger partial charge in [0.05, 0.1) is 24.4 Å². The molecule has 4 atom stereocenters. The van der Waals surface area contributed by atoms with Crippen molar-refractivity contribution in [3.63, 3.8) is 0 Å². The van der Waals surface area contributed by atoms with Gasteiger partial charge in [-0.15, -0.1) is 6.58 Å². The lowest BCUT2D eigenvalue weighted by atomic mass is 9.68. The summed E-state index contributed by atoms with van der Waals surface area (Å²) >= 11 is 0. The van der Waals surface area contributed by atoms with E-state index >= 15 is 0 Å². The SMILES string of the molecule is C=CCOOCC1CC(C(=O)OCC=C)C(C(=O)OCC=C)CC1C(=O)OCC=C. The standard InChI is InChI=1S/C22H30O8/c1-5-9-26-20(23)17-14-19(22(25)28-11-7-3)18(21(24)27-10-6-2)13-16(17)15-30-29-12-8-4/h5-8,16-19H,1-4,9-15H2. The van der Waals surface area contributed by atoms with E-state index in [9.17, 15) is 14.4 Å². The molecule has 1 aliphatic rings. The van der Waals surface area contributed by atoms with E-state index in [-0.39, 0.29) is 45.9 Å². The van der Waals surface area contributed by atoms with Gasteiger partial charge in [-0.2, -0.15) is 0 Å². The maximum atomic E-state index is 12.6. The molecular weight excluding hydrogens is 392 g/mol. The van der Waals surface area contributed by atoms with Crippen molar-refractivity contribution in [1.82, 2.24) is 0 Å². The third-order valence-electron chi connectivity index (χ3n) is 4.61. The zero-order valence-corrected chi connectivity index (χ0v) is 17.2. The van der Waals surface area contributed by atoms with Crippen molar-refractivity contribution in [2.75, 3.05) is 33.0 Å². The Kier molecular flexibility index (Phi) is 12.1. The van der Waals surface area contributed by atoms with Gasteiger partial charge in [0.2, 0.25) is 0 Å². The monoisotopic (exact) mass is 422 g/mol. The summed E-state index contributed by atoms with van der Waals surface area (Å²) < 4.78 is 15.5. The van der Waals surface area contributed by atoms with Crippen LogP contribution in [-0.4, -0.2) is 50.9 Å². The highest BCUT2D eigenvalue weighted by Crippen LogP contribution is 2.40. The van der Waals surface area contributed by atoms with Crippen LogP contribution in [0.4, 0.5) is 0 Å². The van der Waals surface area contributed by atoms with Crippen LogP contribution >= 0.6 is 0 Å². The molecular formula is C22H30O8. The fourth-order valence-electron chi connectivity index (χ4n) is 3.25. The second kappa shape index (κ2) is 14.3. The quantitative estimate of drug-likeness (QED) is 0.105. The molecule has 4 unspecified atom stereocenters. The lowest BCUT2D eigenvalue weighted by Crippen LogP contribution is -2.45. The zero-order chi connectivity index (χ0) is 22.4. The summed E-state index contributed by atoms with van der Waals surface area (Å²) in [5, 5.41) is 0. The number of carbonyl (C=O) groups is 3. The maximum Gasteiger partial charge on any atom is 0.310 e. The van der Waals surface area contributed by atoms with E-state index in [0.29, 0.717) is 0 Å². The molecule has 0 aliphatic heterocycles. The Morgan fingerprint density at radius 1 is 0.633 bits per heavy atom. The van der Waals surface area contributed by atoms with E-state index in [1.54, 1.807) is 0 Å². The van der Waals surface area contributed by atoms with Crippen LogP contribution in [0.2, 0.25) is 0 Å². The molecule has 0 amide bonds. The minimum atomic E-state index is -0.867. The molecule has 0 heterocycles. The average Bonchev–Trinajstić information content (AvgIpc) is 2.76. The Balaban J connectivity index is 3.07. The summed E-state index contributed by atoms with van der Waals surface area (Å²) in [6, 6.07) is 0. The number of carbonyl (C=O) groups excluding carboxylic acids is 3. The smallest absolute Gasteiger partial charge is 0.310 e. The van der Waals surface area contributed by atoms with Crippen LogP contribution in [-0.2, 0) is 38.4 Å². The first kappa shape index (κ1) is 25.3. The second-order valence-corrected chi connectivity index (χ2v) is 6.66. The first-order valence-electron chi connectivity index (χ1n) is 9.67. The summed E-state index contributed by atoms with van der Waals surface area (Å²) in [6.45, 7) is 14.3. The highest BCUT2D eigenvalue weighted by molar-refractivity contribution is 5.84. The van der Waals surface area contributed by atoms with Crippen LogP contribution in [0.3, 0.4) is 0 Å². The van der Waals surface area contributed by atoms with Crippen molar-refractivity contribution in [2.24, 2.45) is 23.7 Å². The van der Waals surface area contributed by atoms with Crippen LogP contribution in [0.15, 0.2) is 50.6 Å². The molecule has 1 rings (SSSR count). The molecule has 30 heavy (non-hydrogen) atoms. The molecule has 166 valence electrons. The molecule has 0 saturated heterocycles. The van der Waals surface area contributed by atoms with Crippen molar-refractivity contribution in [3.8, 4) is 0 Å². The fourth-order valence-corrected chi connectivity index (χ4v) is 3.25. The maximum absolute atomic E-state index is 12.6. The summed E-state index contributed by atoms with van der Waals surface area (Å²) in [7, 11) is 0. The molecule has 8 nitrogen and oxygen atoms in total. The molecule has 0 bridgehead atoms. The number of ether oxygens (including phenoxy) is 3. The molecule has 1 saturated carbocycles. The lowest BCUT2D eigenvalue weighted by Gasteiger charge is -2.37. The fraction of sp³-hybridized carbons (Fsp3) is 0.500. The molecule has 8 heteroatoms. The van der Waals surface area contributed by atoms with Crippen LogP contribution in [0.5, 0.6) is 0 Å². The van der Waals surface area contributed by atoms with Gasteiger partial charge in [-0.25, -0.2) is 9.78 Å². The number of hydrogen-bond donors (Lipinski definition) is 0. The van der Waals surface area contributed by atoms with Gasteiger partial charge in [0.15, 0.2) is 0 Å². The summed E-state index contributed by atoms with van der Waals surface area (Å²) in [5.41, 5.74) is 0. The Hall–Kier alpha value is -2.71. The van der Waals surface area contributed by atoms with Crippen molar-refractivity contribution >= 4 is 17.9 Å². The summed E-state index contributed by atoms with van der Waals surface area (Å²) in [6.07, 6.45) is 6.03. The van der Waals surface area contributed by atoms with Gasteiger partial charge in [0, 0.05) is 0 Å². The van der Waals surface area contributed by atoms with E-state index in [2.05, 4.69) is 26.3 Å². The predicted octanol–water partition coefficient (Wildman–Crippen LogP) is 2.57. The Morgan fingerprint density at radius 2 is 1.07 bits per heavy atom. The second-order valence-electron chi connectivity index (χ2n) is 6.66. The molecule has 0 spiro atoms. The van der Waals surface area contributed by atoms with E-state index < -0.39 is 41.6 Å². The van der Waals surface area contributed by atoms with E-state index in [1.165, 1.54) is 24.3 Å². The molecule has 0 aromatic rings. The summed E-state index contributed by atoms with van der Waals surface area (Å²) in [5.74, 6) is -4.47. The van der Waals surface area contributed by atoms with Gasteiger partial charge in [-0.1, -0.05) is 44.0 Å². The zero-order valence-electron chi connectivity index (χ0n) is 17.2. The molecule has 0 aromatic heterocycles. The Morgan fingerprint density at radius 3 is 1.53 bits per heavy atom. The van der Waals surface area contributed by atoms with Crippen molar-refractivity contribution < 1.29 is 38.4 Å². The first-order chi connectivity index (χ1) is 14.5. The average molecular weight is 422 g/mol. The lowest BCUT2D eigenvalue weighted by molar-refractivity contribution is -0.297. The Labute approximate surface area is 177 Å². The van der Waals surface area contributed by atoms with Crippen LogP contribution < -0.4 is 0 Å². The van der Waals surface area contributed by atoms with E-state index in [4.69, 9.17) is 24.0 Å². The molecule has 1 aliphatic carbocycles. The minimum absolute atomic E-state index is 0.00271. The van der Waals surface area contributed by atoms with Crippen molar-refractivity contribution in [3.05, 3.63) is 50.6 Å². The molecule has 0 radical (unpaired) electrons. The third-order valence-corrected chi connectivity index (χ3v) is 4.61. The van der Waals surface area contributed by atoms with Crippen molar-refractivity contribution in [2.45, 2.75) is 12.8 Å². The van der Waals surface area contributed by atoms with Gasteiger partial charge in [0.1, 0.15) is 26.4 Å². The highest BCUT2D eigenvalue weighted by atomic mass is 17.2. The van der Waals surface area contributed by atoms with Crippen LogP contribution in [0.1, 0.15) is 12.8 Å². The van der Waals surface area contributed by atoms with Crippen LogP contribution in [0, 0.1) is 23.7 Å². The van der Waals surface area contributed by atoms with Gasteiger partial charge in [-0.3, -0.25) is 14.4 Å².